The first-order valence-corrected chi connectivity index (χ1v) is 7.87. The molecule has 106 valence electrons. The van der Waals surface area contributed by atoms with Crippen LogP contribution in [0.3, 0.4) is 0 Å². The number of nitrogens with zero attached hydrogens (tertiary/aromatic N) is 1. The molecule has 1 aromatic carbocycles. The van der Waals surface area contributed by atoms with Crippen LogP contribution in [0.25, 0.3) is 0 Å². The Kier molecular flexibility index (Phi) is 4.15. The molecule has 0 saturated carbocycles. The summed E-state index contributed by atoms with van der Waals surface area (Å²) in [5.41, 5.74) is 6.76. The molecule has 1 aromatic heterocycles. The summed E-state index contributed by atoms with van der Waals surface area (Å²) in [6, 6.07) is 9.65. The molecular formula is C13H15ClN3O2S+. The van der Waals surface area contributed by atoms with Gasteiger partial charge in [0.15, 0.2) is 0 Å². The minimum Gasteiger partial charge on any atom is -0.398 e. The van der Waals surface area contributed by atoms with Gasteiger partial charge in [0.1, 0.15) is 0 Å². The van der Waals surface area contributed by atoms with Crippen LogP contribution in [0.1, 0.15) is 12.6 Å². The summed E-state index contributed by atoms with van der Waals surface area (Å²) < 4.78 is 26.1. The predicted octanol–water partition coefficient (Wildman–Crippen LogP) is 1.70. The molecule has 0 atom stereocenters. The van der Waals surface area contributed by atoms with Gasteiger partial charge in [-0.3, -0.25) is 0 Å². The van der Waals surface area contributed by atoms with Crippen LogP contribution in [0.5, 0.6) is 0 Å². The smallest absolute Gasteiger partial charge is 0.306 e. The number of pyridine rings is 1. The third-order valence-electron chi connectivity index (χ3n) is 2.81. The number of nitrogen functional groups attached to an aromatic ring is 1. The van der Waals surface area contributed by atoms with Crippen LogP contribution in [0.4, 0.5) is 5.69 Å². The summed E-state index contributed by atoms with van der Waals surface area (Å²) in [6.45, 7) is 1.94. The Morgan fingerprint density at radius 3 is 2.70 bits per heavy atom. The molecule has 0 aliphatic heterocycles. The number of aromatic nitrogens is 1. The Morgan fingerprint density at radius 2 is 2.05 bits per heavy atom. The molecule has 2 rings (SSSR count). The van der Waals surface area contributed by atoms with E-state index in [1.54, 1.807) is 12.3 Å². The highest BCUT2D eigenvalue weighted by Crippen LogP contribution is 2.22. The molecule has 0 fully saturated rings. The Labute approximate surface area is 123 Å². The Balaban J connectivity index is 2.38. The third-order valence-corrected chi connectivity index (χ3v) is 4.45. The van der Waals surface area contributed by atoms with Crippen LogP contribution in [-0.4, -0.2) is 8.42 Å². The first-order chi connectivity index (χ1) is 9.44. The molecule has 20 heavy (non-hydrogen) atoms. The zero-order valence-corrected chi connectivity index (χ0v) is 12.4. The van der Waals surface area contributed by atoms with Crippen LogP contribution in [0.2, 0.25) is 5.02 Å². The average molecular weight is 313 g/mol. The van der Waals surface area contributed by atoms with Gasteiger partial charge >= 0.3 is 10.0 Å². The fourth-order valence-electron chi connectivity index (χ4n) is 1.71. The molecule has 0 bridgehead atoms. The van der Waals surface area contributed by atoms with Crippen molar-refractivity contribution in [2.45, 2.75) is 18.2 Å². The molecule has 0 unspecified atom stereocenters. The second kappa shape index (κ2) is 5.68. The topological polar surface area (TPSA) is 76.1 Å². The highest BCUT2D eigenvalue weighted by atomic mass is 35.5. The molecule has 0 radical (unpaired) electrons. The lowest BCUT2D eigenvalue weighted by atomic mass is 10.3. The number of benzene rings is 1. The van der Waals surface area contributed by atoms with Gasteiger partial charge in [-0.2, -0.15) is 8.42 Å². The van der Waals surface area contributed by atoms with Gasteiger partial charge in [0.2, 0.25) is 11.9 Å². The number of nitrogens with one attached hydrogen (secondary N) is 1. The Hall–Kier alpha value is -1.79. The van der Waals surface area contributed by atoms with E-state index in [1.807, 2.05) is 19.1 Å². The zero-order valence-electron chi connectivity index (χ0n) is 10.9. The van der Waals surface area contributed by atoms with Crippen LogP contribution in [-0.2, 0) is 16.4 Å². The van der Waals surface area contributed by atoms with Gasteiger partial charge in [-0.05, 0) is 24.3 Å². The minimum absolute atomic E-state index is 0.0649. The zero-order chi connectivity index (χ0) is 14.8. The highest BCUT2D eigenvalue weighted by molar-refractivity contribution is 7.92. The van der Waals surface area contributed by atoms with E-state index >= 15 is 0 Å². The number of rotatable bonds is 4. The van der Waals surface area contributed by atoms with Gasteiger partial charge in [0, 0.05) is 18.6 Å². The molecule has 0 aliphatic carbocycles. The van der Waals surface area contributed by atoms with Crippen molar-refractivity contribution in [3.63, 3.8) is 0 Å². The first-order valence-electron chi connectivity index (χ1n) is 6.01. The van der Waals surface area contributed by atoms with Crippen molar-refractivity contribution in [2.24, 2.45) is 0 Å². The second-order valence-electron chi connectivity index (χ2n) is 4.19. The summed E-state index contributed by atoms with van der Waals surface area (Å²) in [4.78, 5) is 2.56. The SMILES string of the molecule is CCc1cccc[n+]1NS(=O)(=O)c1ccc(N)c(Cl)c1. The quantitative estimate of drug-likeness (QED) is 0.666. The van der Waals surface area contributed by atoms with Crippen molar-refractivity contribution in [1.29, 1.82) is 0 Å². The molecule has 0 saturated heterocycles. The van der Waals surface area contributed by atoms with Crippen LogP contribution < -0.4 is 15.2 Å². The number of anilines is 1. The van der Waals surface area contributed by atoms with Gasteiger partial charge in [0.25, 0.3) is 0 Å². The largest absolute Gasteiger partial charge is 0.398 e. The fraction of sp³-hybridized carbons (Fsp3) is 0.154. The Morgan fingerprint density at radius 1 is 1.30 bits per heavy atom. The van der Waals surface area contributed by atoms with Gasteiger partial charge in [-0.25, -0.2) is 0 Å². The summed E-state index contributed by atoms with van der Waals surface area (Å²) in [5.74, 6) is 0. The van der Waals surface area contributed by atoms with Crippen LogP contribution >= 0.6 is 11.6 Å². The fourth-order valence-corrected chi connectivity index (χ4v) is 3.02. The number of aryl methyl sites for hydroxylation is 1. The van der Waals surface area contributed by atoms with E-state index in [4.69, 9.17) is 17.3 Å². The maximum atomic E-state index is 12.3. The molecule has 7 heteroatoms. The molecule has 0 amide bonds. The van der Waals surface area contributed by atoms with E-state index in [-0.39, 0.29) is 9.92 Å². The lowest BCUT2D eigenvalue weighted by Crippen LogP contribution is -2.50. The number of halogens is 1. The van der Waals surface area contributed by atoms with Crippen LogP contribution in [0, 0.1) is 0 Å². The standard InChI is InChI=1S/C13H15ClN3O2S/c1-2-10-5-3-4-8-17(10)16-20(18,19)11-6-7-13(15)12(14)9-11/h3-9,16H,2,15H2,1H3/q+1. The van der Waals surface area contributed by atoms with Crippen LogP contribution in [0.15, 0.2) is 47.5 Å². The number of hydrogen-bond acceptors (Lipinski definition) is 3. The lowest BCUT2D eigenvalue weighted by molar-refractivity contribution is -0.644. The van der Waals surface area contributed by atoms with Crippen molar-refractivity contribution >= 4 is 27.3 Å². The Bertz CT molecular complexity index is 732. The molecule has 0 aliphatic rings. The monoisotopic (exact) mass is 312 g/mol. The maximum Gasteiger partial charge on any atom is 0.306 e. The van der Waals surface area contributed by atoms with E-state index in [0.717, 1.165) is 5.69 Å². The molecule has 5 nitrogen and oxygen atoms in total. The predicted molar refractivity (Wildman–Crippen MR) is 78.4 cm³/mol. The van der Waals surface area contributed by atoms with E-state index in [9.17, 15) is 8.42 Å². The summed E-state index contributed by atoms with van der Waals surface area (Å²) in [6.07, 6.45) is 2.35. The van der Waals surface area contributed by atoms with Crippen molar-refractivity contribution < 1.29 is 13.1 Å². The summed E-state index contributed by atoms with van der Waals surface area (Å²) in [5, 5.41) is 0.210. The normalized spacial score (nSPS) is 11.3. The summed E-state index contributed by atoms with van der Waals surface area (Å²) >= 11 is 5.86. The number of sulfonamides is 1. The van der Waals surface area contributed by atoms with E-state index in [0.29, 0.717) is 12.1 Å². The molecule has 2 aromatic rings. The maximum absolute atomic E-state index is 12.3. The van der Waals surface area contributed by atoms with E-state index in [1.165, 1.54) is 22.9 Å². The molecule has 3 N–H and O–H groups in total. The highest BCUT2D eigenvalue weighted by Gasteiger charge is 2.21. The molecular weight excluding hydrogens is 298 g/mol. The average Bonchev–Trinajstić information content (AvgIpc) is 2.42. The van der Waals surface area contributed by atoms with E-state index < -0.39 is 10.0 Å². The van der Waals surface area contributed by atoms with Crippen molar-refractivity contribution in [3.8, 4) is 0 Å². The van der Waals surface area contributed by atoms with Gasteiger partial charge < -0.3 is 5.73 Å². The molecule has 0 spiro atoms. The van der Waals surface area contributed by atoms with E-state index in [2.05, 4.69) is 4.83 Å². The molecule has 1 heterocycles. The van der Waals surface area contributed by atoms with Crippen molar-refractivity contribution in [2.75, 3.05) is 10.6 Å². The van der Waals surface area contributed by atoms with Crippen molar-refractivity contribution in [1.82, 2.24) is 0 Å². The number of nitrogens with two attached hydrogens (primary N) is 1. The van der Waals surface area contributed by atoms with Crippen molar-refractivity contribution in [3.05, 3.63) is 53.3 Å². The van der Waals surface area contributed by atoms with Gasteiger partial charge in [-0.15, -0.1) is 0 Å². The lowest BCUT2D eigenvalue weighted by Gasteiger charge is -2.06. The third kappa shape index (κ3) is 3.02. The number of hydrogen-bond donors (Lipinski definition) is 2. The van der Waals surface area contributed by atoms with Gasteiger partial charge in [-0.1, -0.05) is 28.0 Å². The summed E-state index contributed by atoms with van der Waals surface area (Å²) in [7, 11) is -3.71. The second-order valence-corrected chi connectivity index (χ2v) is 6.26. The first kappa shape index (κ1) is 14.6. The van der Waals surface area contributed by atoms with Gasteiger partial charge in [0.05, 0.1) is 15.6 Å². The minimum atomic E-state index is -3.71.